The van der Waals surface area contributed by atoms with Crippen LogP contribution in [0, 0.1) is 12.8 Å². The molecule has 0 heterocycles. The fourth-order valence-electron chi connectivity index (χ4n) is 2.86. The van der Waals surface area contributed by atoms with Crippen LogP contribution in [0.1, 0.15) is 31.7 Å². The highest BCUT2D eigenvalue weighted by molar-refractivity contribution is 5.85. The Bertz CT molecular complexity index is 444. The molecule has 98 valence electrons. The van der Waals surface area contributed by atoms with E-state index in [9.17, 15) is 4.79 Å². The molecule has 1 N–H and O–H groups in total. The van der Waals surface area contributed by atoms with Crippen molar-refractivity contribution in [2.24, 2.45) is 5.92 Å². The molecule has 1 fully saturated rings. The highest BCUT2D eigenvalue weighted by Gasteiger charge is 2.48. The number of carbonyl (C=O) groups excluding carboxylic acids is 1. The van der Waals surface area contributed by atoms with E-state index in [1.54, 1.807) is 0 Å². The summed E-state index contributed by atoms with van der Waals surface area (Å²) < 4.78 is 5.02. The zero-order chi connectivity index (χ0) is 13.2. The van der Waals surface area contributed by atoms with E-state index in [-0.39, 0.29) is 5.97 Å². The SMILES string of the molecule is COC(=O)C1(Nc2ccccc2C)CCCC1C. The van der Waals surface area contributed by atoms with Crippen molar-refractivity contribution in [1.82, 2.24) is 0 Å². The van der Waals surface area contributed by atoms with E-state index in [0.717, 1.165) is 30.5 Å². The van der Waals surface area contributed by atoms with Crippen molar-refractivity contribution in [3.05, 3.63) is 29.8 Å². The Labute approximate surface area is 109 Å². The predicted molar refractivity (Wildman–Crippen MR) is 72.6 cm³/mol. The van der Waals surface area contributed by atoms with E-state index in [1.807, 2.05) is 31.2 Å². The van der Waals surface area contributed by atoms with Crippen LogP contribution < -0.4 is 5.32 Å². The highest BCUT2D eigenvalue weighted by atomic mass is 16.5. The number of hydrogen-bond donors (Lipinski definition) is 1. The lowest BCUT2D eigenvalue weighted by atomic mass is 9.87. The van der Waals surface area contributed by atoms with Gasteiger partial charge in [0.15, 0.2) is 0 Å². The Morgan fingerprint density at radius 3 is 2.72 bits per heavy atom. The van der Waals surface area contributed by atoms with Gasteiger partial charge < -0.3 is 10.1 Å². The van der Waals surface area contributed by atoms with E-state index < -0.39 is 5.54 Å². The Morgan fingerprint density at radius 1 is 1.44 bits per heavy atom. The van der Waals surface area contributed by atoms with Gasteiger partial charge in [-0.1, -0.05) is 31.5 Å². The maximum Gasteiger partial charge on any atom is 0.331 e. The van der Waals surface area contributed by atoms with E-state index >= 15 is 0 Å². The first-order valence-electron chi connectivity index (χ1n) is 6.52. The Balaban J connectivity index is 2.32. The van der Waals surface area contributed by atoms with Gasteiger partial charge in [0.1, 0.15) is 5.54 Å². The van der Waals surface area contributed by atoms with Crippen molar-refractivity contribution in [3.8, 4) is 0 Å². The average Bonchev–Trinajstić information content (AvgIpc) is 2.74. The number of anilines is 1. The summed E-state index contributed by atoms with van der Waals surface area (Å²) in [4.78, 5) is 12.2. The highest BCUT2D eigenvalue weighted by Crippen LogP contribution is 2.39. The van der Waals surface area contributed by atoms with Crippen molar-refractivity contribution in [3.63, 3.8) is 0 Å². The molecule has 0 radical (unpaired) electrons. The van der Waals surface area contributed by atoms with Gasteiger partial charge in [0.2, 0.25) is 0 Å². The molecule has 3 nitrogen and oxygen atoms in total. The van der Waals surface area contributed by atoms with Gasteiger partial charge in [0, 0.05) is 5.69 Å². The number of esters is 1. The second-order valence-corrected chi connectivity index (χ2v) is 5.20. The topological polar surface area (TPSA) is 38.3 Å². The van der Waals surface area contributed by atoms with Crippen molar-refractivity contribution in [1.29, 1.82) is 0 Å². The second kappa shape index (κ2) is 5.01. The summed E-state index contributed by atoms with van der Waals surface area (Å²) in [5, 5.41) is 3.45. The minimum absolute atomic E-state index is 0.143. The van der Waals surface area contributed by atoms with Gasteiger partial charge in [0.05, 0.1) is 7.11 Å². The molecule has 1 aromatic carbocycles. The Morgan fingerprint density at radius 2 is 2.17 bits per heavy atom. The summed E-state index contributed by atoms with van der Waals surface area (Å²) in [7, 11) is 1.47. The second-order valence-electron chi connectivity index (χ2n) is 5.20. The van der Waals surface area contributed by atoms with Gasteiger partial charge in [-0.2, -0.15) is 0 Å². The molecule has 18 heavy (non-hydrogen) atoms. The van der Waals surface area contributed by atoms with E-state index in [1.165, 1.54) is 7.11 Å². The summed E-state index contributed by atoms with van der Waals surface area (Å²) >= 11 is 0. The van der Waals surface area contributed by atoms with Gasteiger partial charge in [0.25, 0.3) is 0 Å². The van der Waals surface area contributed by atoms with Crippen molar-refractivity contribution in [2.45, 2.75) is 38.6 Å². The maximum absolute atomic E-state index is 12.2. The maximum atomic E-state index is 12.2. The first-order chi connectivity index (χ1) is 8.60. The summed E-state index contributed by atoms with van der Waals surface area (Å²) in [6.07, 6.45) is 2.97. The minimum atomic E-state index is -0.555. The van der Waals surface area contributed by atoms with Gasteiger partial charge in [-0.25, -0.2) is 4.79 Å². The molecule has 0 amide bonds. The van der Waals surface area contributed by atoms with Crippen LogP contribution in [0.5, 0.6) is 0 Å². The monoisotopic (exact) mass is 247 g/mol. The summed E-state index contributed by atoms with van der Waals surface area (Å²) in [5.41, 5.74) is 1.62. The lowest BCUT2D eigenvalue weighted by molar-refractivity contribution is -0.147. The van der Waals surface area contributed by atoms with Gasteiger partial charge in [-0.3, -0.25) is 0 Å². The van der Waals surface area contributed by atoms with Crippen LogP contribution in [0.15, 0.2) is 24.3 Å². The standard InChI is InChI=1S/C15H21NO2/c1-11-7-4-5-9-13(11)16-15(14(17)18-3)10-6-8-12(15)2/h4-5,7,9,12,16H,6,8,10H2,1-3H3. The van der Waals surface area contributed by atoms with Crippen LogP contribution in [0.2, 0.25) is 0 Å². The largest absolute Gasteiger partial charge is 0.467 e. The van der Waals surface area contributed by atoms with Crippen molar-refractivity contribution >= 4 is 11.7 Å². The van der Waals surface area contributed by atoms with Crippen LogP contribution in [0.25, 0.3) is 0 Å². The molecule has 0 aromatic heterocycles. The first kappa shape index (κ1) is 12.9. The molecular weight excluding hydrogens is 226 g/mol. The molecule has 1 aliphatic rings. The lowest BCUT2D eigenvalue weighted by Gasteiger charge is -2.33. The van der Waals surface area contributed by atoms with E-state index in [2.05, 4.69) is 12.2 Å². The molecular formula is C15H21NO2. The molecule has 1 saturated carbocycles. The summed E-state index contributed by atoms with van der Waals surface area (Å²) in [6, 6.07) is 8.06. The third-order valence-corrected chi connectivity index (χ3v) is 4.10. The number of benzene rings is 1. The van der Waals surface area contributed by atoms with Crippen LogP contribution in [-0.4, -0.2) is 18.6 Å². The summed E-state index contributed by atoms with van der Waals surface area (Å²) in [6.45, 7) is 4.17. The fourth-order valence-corrected chi connectivity index (χ4v) is 2.86. The number of nitrogens with one attached hydrogen (secondary N) is 1. The van der Waals surface area contributed by atoms with E-state index in [0.29, 0.717) is 5.92 Å². The smallest absolute Gasteiger partial charge is 0.331 e. The molecule has 1 aromatic rings. The number of ether oxygens (including phenoxy) is 1. The average molecular weight is 247 g/mol. The van der Waals surface area contributed by atoms with Crippen LogP contribution in [0.3, 0.4) is 0 Å². The third-order valence-electron chi connectivity index (χ3n) is 4.10. The molecule has 2 rings (SSSR count). The molecule has 0 saturated heterocycles. The summed E-state index contributed by atoms with van der Waals surface area (Å²) in [5.74, 6) is 0.153. The molecule has 0 bridgehead atoms. The third kappa shape index (κ3) is 2.09. The molecule has 3 heteroatoms. The quantitative estimate of drug-likeness (QED) is 0.834. The first-order valence-corrected chi connectivity index (χ1v) is 6.52. The number of hydrogen-bond acceptors (Lipinski definition) is 3. The van der Waals surface area contributed by atoms with Crippen molar-refractivity contribution in [2.75, 3.05) is 12.4 Å². The number of para-hydroxylation sites is 1. The zero-order valence-corrected chi connectivity index (χ0v) is 11.3. The molecule has 0 aliphatic heterocycles. The van der Waals surface area contributed by atoms with Gasteiger partial charge >= 0.3 is 5.97 Å². The van der Waals surface area contributed by atoms with Gasteiger partial charge in [-0.05, 0) is 37.3 Å². The van der Waals surface area contributed by atoms with Crippen molar-refractivity contribution < 1.29 is 9.53 Å². The van der Waals surface area contributed by atoms with Crippen LogP contribution in [0.4, 0.5) is 5.69 Å². The minimum Gasteiger partial charge on any atom is -0.467 e. The number of aryl methyl sites for hydroxylation is 1. The predicted octanol–water partition coefficient (Wildman–Crippen LogP) is 3.14. The molecule has 1 aliphatic carbocycles. The number of rotatable bonds is 3. The normalized spacial score (nSPS) is 26.9. The lowest BCUT2D eigenvalue weighted by Crippen LogP contribution is -2.49. The van der Waals surface area contributed by atoms with Crippen LogP contribution >= 0.6 is 0 Å². The van der Waals surface area contributed by atoms with Crippen LogP contribution in [-0.2, 0) is 9.53 Å². The molecule has 2 atom stereocenters. The van der Waals surface area contributed by atoms with Gasteiger partial charge in [-0.15, -0.1) is 0 Å². The van der Waals surface area contributed by atoms with E-state index in [4.69, 9.17) is 4.74 Å². The Hall–Kier alpha value is -1.51. The number of methoxy groups -OCH3 is 1. The molecule has 0 spiro atoms. The number of carbonyl (C=O) groups is 1. The fraction of sp³-hybridized carbons (Fsp3) is 0.533. The molecule has 2 unspecified atom stereocenters. The Kier molecular flexibility index (Phi) is 3.60. The zero-order valence-electron chi connectivity index (χ0n) is 11.3.